The minimum absolute atomic E-state index is 0.294. The maximum absolute atomic E-state index is 11.1. The second kappa shape index (κ2) is 7.24. The molecule has 0 unspecified atom stereocenters. The predicted molar refractivity (Wildman–Crippen MR) is 99.9 cm³/mol. The van der Waals surface area contributed by atoms with E-state index in [0.717, 1.165) is 40.2 Å². The van der Waals surface area contributed by atoms with Crippen molar-refractivity contribution in [3.63, 3.8) is 0 Å². The van der Waals surface area contributed by atoms with Crippen molar-refractivity contribution in [3.8, 4) is 10.8 Å². The molecule has 9 heteroatoms. The summed E-state index contributed by atoms with van der Waals surface area (Å²) >= 11 is 3.21. The molecule has 3 aromatic heterocycles. The molecule has 0 radical (unpaired) electrons. The minimum Gasteiger partial charge on any atom is -0.440 e. The fraction of sp³-hybridized carbons (Fsp3) is 0.412. The lowest BCUT2D eigenvalue weighted by Gasteiger charge is -2.07. The second-order valence-electron chi connectivity index (χ2n) is 6.25. The Labute approximate surface area is 159 Å². The van der Waals surface area contributed by atoms with Gasteiger partial charge in [-0.3, -0.25) is 4.79 Å². The first-order valence-corrected chi connectivity index (χ1v) is 10.3. The molecule has 4 rings (SSSR count). The fourth-order valence-corrected chi connectivity index (χ4v) is 4.39. The van der Waals surface area contributed by atoms with Crippen molar-refractivity contribution in [2.45, 2.75) is 49.6 Å². The number of nitrogens with zero attached hydrogens (tertiary/aromatic N) is 4. The zero-order chi connectivity index (χ0) is 18.1. The molecule has 0 atom stereocenters. The maximum Gasteiger partial charge on any atom is 0.236 e. The fourth-order valence-electron chi connectivity index (χ4n) is 2.71. The minimum atomic E-state index is -0.316. The molecule has 3 heterocycles. The molecule has 1 aliphatic carbocycles. The van der Waals surface area contributed by atoms with E-state index < -0.39 is 0 Å². The molecule has 1 amide bonds. The van der Waals surface area contributed by atoms with Crippen molar-refractivity contribution in [1.29, 1.82) is 0 Å². The molecule has 1 aliphatic rings. The lowest BCUT2D eigenvalue weighted by atomic mass is 10.3. The van der Waals surface area contributed by atoms with Crippen LogP contribution in [0, 0.1) is 6.92 Å². The highest BCUT2D eigenvalue weighted by atomic mass is 32.2. The Balaban J connectivity index is 1.49. The molecule has 1 fully saturated rings. The Kier molecular flexibility index (Phi) is 4.82. The summed E-state index contributed by atoms with van der Waals surface area (Å²) in [7, 11) is 0. The van der Waals surface area contributed by atoms with Crippen LogP contribution in [0.4, 0.5) is 0 Å². The summed E-state index contributed by atoms with van der Waals surface area (Å²) in [5.74, 6) is 2.68. The molecule has 0 saturated heterocycles. The molecule has 1 saturated carbocycles. The molecular formula is C17H19N5O2S2. The first kappa shape index (κ1) is 17.3. The van der Waals surface area contributed by atoms with Crippen LogP contribution in [0.3, 0.4) is 0 Å². The zero-order valence-electron chi connectivity index (χ0n) is 14.3. The second-order valence-corrected chi connectivity index (χ2v) is 8.14. The molecule has 0 aromatic carbocycles. The van der Waals surface area contributed by atoms with Crippen LogP contribution in [0.1, 0.15) is 42.6 Å². The number of aromatic nitrogens is 4. The number of primary amides is 1. The van der Waals surface area contributed by atoms with Crippen LogP contribution in [0.2, 0.25) is 0 Å². The summed E-state index contributed by atoms with van der Waals surface area (Å²) in [6, 6.07) is 4.43. The summed E-state index contributed by atoms with van der Waals surface area (Å²) in [6.45, 7) is 1.93. The van der Waals surface area contributed by atoms with Gasteiger partial charge in [-0.1, -0.05) is 17.8 Å². The summed E-state index contributed by atoms with van der Waals surface area (Å²) < 4.78 is 7.96. The summed E-state index contributed by atoms with van der Waals surface area (Å²) in [6.07, 6.45) is 3.08. The molecule has 7 nitrogen and oxygen atoms in total. The number of carbonyl (C=O) groups is 1. The van der Waals surface area contributed by atoms with E-state index in [2.05, 4.69) is 19.7 Å². The van der Waals surface area contributed by atoms with E-state index in [-0.39, 0.29) is 5.91 Å². The van der Waals surface area contributed by atoms with Crippen LogP contribution in [0.15, 0.2) is 27.1 Å². The van der Waals surface area contributed by atoms with Crippen LogP contribution >= 0.6 is 23.1 Å². The summed E-state index contributed by atoms with van der Waals surface area (Å²) in [5, 5.41) is 11.5. The van der Waals surface area contributed by atoms with E-state index in [0.29, 0.717) is 30.5 Å². The lowest BCUT2D eigenvalue weighted by molar-refractivity contribution is -0.118. The molecule has 0 bridgehead atoms. The topological polar surface area (TPSA) is 99.8 Å². The van der Waals surface area contributed by atoms with Gasteiger partial charge in [-0.15, -0.1) is 21.5 Å². The molecule has 26 heavy (non-hydrogen) atoms. The van der Waals surface area contributed by atoms with Gasteiger partial charge in [-0.25, -0.2) is 4.98 Å². The van der Waals surface area contributed by atoms with Crippen molar-refractivity contribution in [1.82, 2.24) is 19.7 Å². The van der Waals surface area contributed by atoms with Crippen LogP contribution < -0.4 is 5.73 Å². The highest BCUT2D eigenvalue weighted by Crippen LogP contribution is 2.39. The normalized spacial score (nSPS) is 14.0. The van der Waals surface area contributed by atoms with E-state index in [9.17, 15) is 4.79 Å². The summed E-state index contributed by atoms with van der Waals surface area (Å²) in [4.78, 5) is 16.7. The number of thioether (sulfide) groups is 1. The van der Waals surface area contributed by atoms with Gasteiger partial charge in [0, 0.05) is 24.6 Å². The Morgan fingerprint density at radius 2 is 2.31 bits per heavy atom. The number of rotatable bonds is 8. The third-order valence-corrected chi connectivity index (χ3v) is 6.02. The lowest BCUT2D eigenvalue weighted by Crippen LogP contribution is -2.13. The van der Waals surface area contributed by atoms with Crippen molar-refractivity contribution >= 4 is 29.0 Å². The van der Waals surface area contributed by atoms with Gasteiger partial charge in [0.25, 0.3) is 0 Å². The maximum atomic E-state index is 11.1. The van der Waals surface area contributed by atoms with Gasteiger partial charge in [-0.05, 0) is 31.2 Å². The zero-order valence-corrected chi connectivity index (χ0v) is 16.0. The number of hydrogen-bond acceptors (Lipinski definition) is 7. The van der Waals surface area contributed by atoms with Gasteiger partial charge in [0.05, 0.1) is 10.6 Å². The van der Waals surface area contributed by atoms with E-state index in [4.69, 9.17) is 10.2 Å². The van der Waals surface area contributed by atoms with Crippen molar-refractivity contribution in [2.24, 2.45) is 5.73 Å². The first-order chi connectivity index (χ1) is 12.6. The standard InChI is InChI=1S/C17H19N5O2S2/c1-10-12(19-16(24-10)13-3-2-8-25-13)9-26-17-21-20-15(7-6-14(18)23)22(17)11-4-5-11/h2-3,8,11H,4-7,9H2,1H3,(H2,18,23). The number of thiophene rings is 1. The van der Waals surface area contributed by atoms with Gasteiger partial charge in [0.1, 0.15) is 11.6 Å². The highest BCUT2D eigenvalue weighted by Gasteiger charge is 2.29. The van der Waals surface area contributed by atoms with E-state index in [1.165, 1.54) is 0 Å². The monoisotopic (exact) mass is 389 g/mol. The number of hydrogen-bond donors (Lipinski definition) is 1. The number of amides is 1. The number of nitrogens with two attached hydrogens (primary N) is 1. The molecule has 3 aromatic rings. The first-order valence-electron chi connectivity index (χ1n) is 8.47. The Morgan fingerprint density at radius 3 is 3.00 bits per heavy atom. The van der Waals surface area contributed by atoms with E-state index in [1.807, 2.05) is 24.4 Å². The van der Waals surface area contributed by atoms with E-state index >= 15 is 0 Å². The quantitative estimate of drug-likeness (QED) is 0.593. The Bertz CT molecular complexity index is 912. The van der Waals surface area contributed by atoms with E-state index in [1.54, 1.807) is 23.1 Å². The molecule has 2 N–H and O–H groups in total. The van der Waals surface area contributed by atoms with Crippen LogP contribution in [0.5, 0.6) is 0 Å². The molecule has 0 aliphatic heterocycles. The van der Waals surface area contributed by atoms with Crippen molar-refractivity contribution in [2.75, 3.05) is 0 Å². The van der Waals surface area contributed by atoms with Gasteiger partial charge in [0.15, 0.2) is 5.16 Å². The van der Waals surface area contributed by atoms with Crippen LogP contribution in [-0.2, 0) is 17.0 Å². The van der Waals surface area contributed by atoms with Crippen LogP contribution in [-0.4, -0.2) is 25.7 Å². The largest absolute Gasteiger partial charge is 0.440 e. The number of carbonyl (C=O) groups excluding carboxylic acids is 1. The molecular weight excluding hydrogens is 370 g/mol. The third kappa shape index (κ3) is 3.68. The third-order valence-electron chi connectivity index (χ3n) is 4.20. The SMILES string of the molecule is Cc1oc(-c2cccs2)nc1CSc1nnc(CCC(N)=O)n1C1CC1. The number of oxazole rings is 1. The van der Waals surface area contributed by atoms with Gasteiger partial charge < -0.3 is 14.7 Å². The van der Waals surface area contributed by atoms with Gasteiger partial charge in [-0.2, -0.15) is 0 Å². The predicted octanol–water partition coefficient (Wildman–Crippen LogP) is 3.35. The highest BCUT2D eigenvalue weighted by molar-refractivity contribution is 7.98. The van der Waals surface area contributed by atoms with Crippen molar-refractivity contribution < 1.29 is 9.21 Å². The molecule has 0 spiro atoms. The van der Waals surface area contributed by atoms with Gasteiger partial charge >= 0.3 is 0 Å². The van der Waals surface area contributed by atoms with Crippen molar-refractivity contribution in [3.05, 3.63) is 34.8 Å². The summed E-state index contributed by atoms with van der Waals surface area (Å²) in [5.41, 5.74) is 6.18. The van der Waals surface area contributed by atoms with Crippen LogP contribution in [0.25, 0.3) is 10.8 Å². The molecule has 136 valence electrons. The van der Waals surface area contributed by atoms with Gasteiger partial charge in [0.2, 0.25) is 11.8 Å². The average molecular weight is 390 g/mol. The smallest absolute Gasteiger partial charge is 0.236 e. The Morgan fingerprint density at radius 1 is 1.46 bits per heavy atom. The Hall–Kier alpha value is -2.13. The average Bonchev–Trinajstić information content (AvgIpc) is 3.02. The number of aryl methyl sites for hydroxylation is 2.